The Balaban J connectivity index is 2.31. The van der Waals surface area contributed by atoms with Crippen molar-refractivity contribution in [2.45, 2.75) is 6.92 Å². The summed E-state index contributed by atoms with van der Waals surface area (Å²) in [6.45, 7) is 1.81. The van der Waals surface area contributed by atoms with Gasteiger partial charge >= 0.3 is 0 Å². The third-order valence-corrected chi connectivity index (χ3v) is 3.74. The van der Waals surface area contributed by atoms with E-state index in [1.165, 1.54) is 7.11 Å². The van der Waals surface area contributed by atoms with Gasteiger partial charge in [-0.25, -0.2) is 0 Å². The molecule has 1 N–H and O–H groups in total. The van der Waals surface area contributed by atoms with E-state index in [1.807, 2.05) is 6.92 Å². The molecule has 0 saturated carbocycles. The lowest BCUT2D eigenvalue weighted by atomic mass is 9.82. The summed E-state index contributed by atoms with van der Waals surface area (Å²) >= 11 is 0. The van der Waals surface area contributed by atoms with Gasteiger partial charge in [-0.1, -0.05) is 30.4 Å². The minimum absolute atomic E-state index is 0.0568. The van der Waals surface area contributed by atoms with E-state index in [-0.39, 0.29) is 39.6 Å². The van der Waals surface area contributed by atoms with Crippen LogP contribution in [-0.4, -0.2) is 23.8 Å². The number of carbonyl (C=O) groups is 2. The van der Waals surface area contributed by atoms with E-state index in [0.717, 1.165) is 0 Å². The molecule has 0 heterocycles. The van der Waals surface area contributed by atoms with Crippen molar-refractivity contribution >= 4 is 17.6 Å². The van der Waals surface area contributed by atoms with Crippen molar-refractivity contribution in [1.29, 1.82) is 0 Å². The molecule has 0 atom stereocenters. The van der Waals surface area contributed by atoms with Gasteiger partial charge in [-0.15, -0.1) is 0 Å². The normalized spacial score (nSPS) is 13.2. The molecule has 2 aromatic carbocycles. The molecule has 4 heteroatoms. The fourth-order valence-corrected chi connectivity index (χ4v) is 2.73. The Morgan fingerprint density at radius 2 is 1.68 bits per heavy atom. The molecule has 110 valence electrons. The summed E-state index contributed by atoms with van der Waals surface area (Å²) < 4.78 is 5.19. The largest absolute Gasteiger partial charge is 0.507 e. The average molecular weight is 294 g/mol. The maximum Gasteiger partial charge on any atom is 0.198 e. The number of methoxy groups -OCH3 is 1. The lowest BCUT2D eigenvalue weighted by Gasteiger charge is -2.20. The maximum atomic E-state index is 12.7. The molecule has 0 bridgehead atoms. The van der Waals surface area contributed by atoms with Crippen LogP contribution in [-0.2, 0) is 0 Å². The third-order valence-electron chi connectivity index (χ3n) is 3.74. The fraction of sp³-hybridized carbons (Fsp3) is 0.111. The number of phenols is 1. The standard InChI is InChI=1S/C18H14O4/c1-3-5-10-8-9-12-15(16(10)19)18(21)11-6-4-7-13(22-2)14(11)17(12)20/h3-9,19H,1-2H3/b5-3+. The molecule has 0 fully saturated rings. The summed E-state index contributed by atoms with van der Waals surface area (Å²) in [6.07, 6.45) is 3.45. The van der Waals surface area contributed by atoms with Crippen molar-refractivity contribution in [2.24, 2.45) is 0 Å². The summed E-state index contributed by atoms with van der Waals surface area (Å²) in [5.74, 6) is -0.488. The Kier molecular flexibility index (Phi) is 3.29. The highest BCUT2D eigenvalue weighted by Gasteiger charge is 2.34. The number of ketones is 2. The van der Waals surface area contributed by atoms with Crippen LogP contribution < -0.4 is 4.74 Å². The van der Waals surface area contributed by atoms with E-state index < -0.39 is 0 Å². The Labute approximate surface area is 127 Å². The summed E-state index contributed by atoms with van der Waals surface area (Å²) in [7, 11) is 1.45. The lowest BCUT2D eigenvalue weighted by Crippen LogP contribution is -2.22. The van der Waals surface area contributed by atoms with Gasteiger partial charge in [0, 0.05) is 16.7 Å². The molecule has 22 heavy (non-hydrogen) atoms. The minimum atomic E-state index is -0.368. The number of fused-ring (bicyclic) bond motifs is 2. The van der Waals surface area contributed by atoms with E-state index in [2.05, 4.69) is 0 Å². The molecule has 1 aliphatic carbocycles. The van der Waals surface area contributed by atoms with E-state index >= 15 is 0 Å². The highest BCUT2D eigenvalue weighted by Crippen LogP contribution is 2.38. The number of carbonyl (C=O) groups excluding carboxylic acids is 2. The highest BCUT2D eigenvalue weighted by molar-refractivity contribution is 6.30. The monoisotopic (exact) mass is 294 g/mol. The molecule has 0 amide bonds. The van der Waals surface area contributed by atoms with Crippen molar-refractivity contribution in [2.75, 3.05) is 7.11 Å². The van der Waals surface area contributed by atoms with Gasteiger partial charge in [0.15, 0.2) is 11.6 Å². The smallest absolute Gasteiger partial charge is 0.198 e. The summed E-state index contributed by atoms with van der Waals surface area (Å²) in [5, 5.41) is 10.4. The second-order valence-electron chi connectivity index (χ2n) is 4.97. The van der Waals surface area contributed by atoms with Crippen LogP contribution in [0.2, 0.25) is 0 Å². The number of phenolic OH excluding ortho intramolecular Hbond substituents is 1. The topological polar surface area (TPSA) is 63.6 Å². The predicted octanol–water partition coefficient (Wildman–Crippen LogP) is 3.21. The number of hydrogen-bond acceptors (Lipinski definition) is 4. The summed E-state index contributed by atoms with van der Waals surface area (Å²) in [5.41, 5.74) is 1.27. The SMILES string of the molecule is C/C=C/c1ccc2c(c1O)C(=O)c1cccc(OC)c1C2=O. The first-order chi connectivity index (χ1) is 10.6. The Morgan fingerprint density at radius 1 is 1.00 bits per heavy atom. The number of hydrogen-bond donors (Lipinski definition) is 1. The van der Waals surface area contributed by atoms with E-state index in [9.17, 15) is 14.7 Å². The number of allylic oxidation sites excluding steroid dienone is 1. The second-order valence-corrected chi connectivity index (χ2v) is 4.97. The molecule has 0 saturated heterocycles. The zero-order valence-corrected chi connectivity index (χ0v) is 12.2. The first-order valence-corrected chi connectivity index (χ1v) is 6.85. The van der Waals surface area contributed by atoms with Gasteiger partial charge < -0.3 is 9.84 Å². The predicted molar refractivity (Wildman–Crippen MR) is 82.7 cm³/mol. The van der Waals surface area contributed by atoms with Crippen molar-refractivity contribution in [1.82, 2.24) is 0 Å². The molecule has 0 radical (unpaired) electrons. The maximum absolute atomic E-state index is 12.7. The van der Waals surface area contributed by atoms with Crippen molar-refractivity contribution in [3.05, 3.63) is 64.2 Å². The molecule has 0 spiro atoms. The quantitative estimate of drug-likeness (QED) is 0.788. The Morgan fingerprint density at radius 3 is 2.36 bits per heavy atom. The van der Waals surface area contributed by atoms with Crippen molar-refractivity contribution in [3.63, 3.8) is 0 Å². The van der Waals surface area contributed by atoms with Crippen LogP contribution in [0.15, 0.2) is 36.4 Å². The molecular formula is C18H14O4. The number of ether oxygens (including phenoxy) is 1. The van der Waals surface area contributed by atoms with Gasteiger partial charge in [-0.2, -0.15) is 0 Å². The molecule has 0 unspecified atom stereocenters. The first-order valence-electron chi connectivity index (χ1n) is 6.85. The Bertz CT molecular complexity index is 831. The van der Waals surface area contributed by atoms with E-state index in [0.29, 0.717) is 11.3 Å². The van der Waals surface area contributed by atoms with Gasteiger partial charge in [0.1, 0.15) is 11.5 Å². The highest BCUT2D eigenvalue weighted by atomic mass is 16.5. The molecule has 1 aliphatic rings. The Hall–Kier alpha value is -2.88. The van der Waals surface area contributed by atoms with Crippen LogP contribution in [0.4, 0.5) is 0 Å². The van der Waals surface area contributed by atoms with Gasteiger partial charge in [0.25, 0.3) is 0 Å². The molecule has 0 aromatic heterocycles. The van der Waals surface area contributed by atoms with Gasteiger partial charge in [-0.3, -0.25) is 9.59 Å². The molecule has 3 rings (SSSR count). The van der Waals surface area contributed by atoms with Gasteiger partial charge in [-0.05, 0) is 19.1 Å². The second kappa shape index (κ2) is 5.15. The molecule has 0 aliphatic heterocycles. The fourth-order valence-electron chi connectivity index (χ4n) is 2.73. The van der Waals surface area contributed by atoms with Crippen LogP contribution >= 0.6 is 0 Å². The average Bonchev–Trinajstić information content (AvgIpc) is 2.53. The number of rotatable bonds is 2. The zero-order chi connectivity index (χ0) is 15.9. The molecule has 4 nitrogen and oxygen atoms in total. The zero-order valence-electron chi connectivity index (χ0n) is 12.2. The number of aromatic hydroxyl groups is 1. The molecule has 2 aromatic rings. The third kappa shape index (κ3) is 1.84. The van der Waals surface area contributed by atoms with E-state index in [4.69, 9.17) is 4.74 Å². The van der Waals surface area contributed by atoms with E-state index in [1.54, 1.807) is 42.5 Å². The van der Waals surface area contributed by atoms with Gasteiger partial charge in [0.05, 0.1) is 18.2 Å². The van der Waals surface area contributed by atoms with Crippen LogP contribution in [0, 0.1) is 0 Å². The first kappa shape index (κ1) is 14.1. The minimum Gasteiger partial charge on any atom is -0.507 e. The van der Waals surface area contributed by atoms with Crippen LogP contribution in [0.1, 0.15) is 44.3 Å². The van der Waals surface area contributed by atoms with Crippen LogP contribution in [0.3, 0.4) is 0 Å². The van der Waals surface area contributed by atoms with Crippen molar-refractivity contribution in [3.8, 4) is 11.5 Å². The lowest BCUT2D eigenvalue weighted by molar-refractivity contribution is 0.0974. The van der Waals surface area contributed by atoms with Crippen molar-refractivity contribution < 1.29 is 19.4 Å². The van der Waals surface area contributed by atoms with Crippen LogP contribution in [0.5, 0.6) is 11.5 Å². The van der Waals surface area contributed by atoms with Gasteiger partial charge in [0.2, 0.25) is 0 Å². The number of benzene rings is 2. The summed E-state index contributed by atoms with van der Waals surface area (Å²) in [4.78, 5) is 25.4. The van der Waals surface area contributed by atoms with Crippen LogP contribution in [0.25, 0.3) is 6.08 Å². The molecular weight excluding hydrogens is 280 g/mol. The summed E-state index contributed by atoms with van der Waals surface area (Å²) in [6, 6.07) is 8.06.